The van der Waals surface area contributed by atoms with Crippen LogP contribution in [0.25, 0.3) is 0 Å². The van der Waals surface area contributed by atoms with Crippen LogP contribution in [0.3, 0.4) is 0 Å². The Labute approximate surface area is 103 Å². The highest BCUT2D eigenvalue weighted by molar-refractivity contribution is 5.28. The topological polar surface area (TPSA) is 41.5 Å². The summed E-state index contributed by atoms with van der Waals surface area (Å²) in [7, 11) is 0. The fourth-order valence-corrected chi connectivity index (χ4v) is 2.32. The van der Waals surface area contributed by atoms with Gasteiger partial charge in [-0.2, -0.15) is 0 Å². The number of aliphatic hydroxyl groups excluding tert-OH is 1. The van der Waals surface area contributed by atoms with Gasteiger partial charge in [0.15, 0.2) is 0 Å². The molecular weight excluding hydrogens is 214 g/mol. The number of aliphatic hydroxyl groups is 1. The van der Waals surface area contributed by atoms with Crippen LogP contribution in [0.1, 0.15) is 37.9 Å². The first-order valence-corrected chi connectivity index (χ1v) is 6.44. The first-order chi connectivity index (χ1) is 8.29. The molecule has 3 heteroatoms. The smallest absolute Gasteiger partial charge is 0.119 e. The van der Waals surface area contributed by atoms with Gasteiger partial charge in [0.2, 0.25) is 0 Å². The Morgan fingerprint density at radius 3 is 2.76 bits per heavy atom. The van der Waals surface area contributed by atoms with Crippen LogP contribution >= 0.6 is 0 Å². The van der Waals surface area contributed by atoms with Crippen LogP contribution in [0.15, 0.2) is 24.3 Å². The van der Waals surface area contributed by atoms with Gasteiger partial charge in [0, 0.05) is 6.04 Å². The molecule has 2 atom stereocenters. The molecule has 17 heavy (non-hydrogen) atoms. The Balaban J connectivity index is 1.91. The van der Waals surface area contributed by atoms with E-state index in [-0.39, 0.29) is 6.10 Å². The van der Waals surface area contributed by atoms with Crippen molar-refractivity contribution < 1.29 is 9.84 Å². The molecule has 1 aromatic rings. The summed E-state index contributed by atoms with van der Waals surface area (Å²) in [5, 5.41) is 13.5. The second-order valence-corrected chi connectivity index (χ2v) is 4.55. The van der Waals surface area contributed by atoms with E-state index in [0.717, 1.165) is 24.3 Å². The predicted molar refractivity (Wildman–Crippen MR) is 68.2 cm³/mol. The van der Waals surface area contributed by atoms with Gasteiger partial charge in [0.05, 0.1) is 12.7 Å². The first-order valence-electron chi connectivity index (χ1n) is 6.44. The predicted octanol–water partition coefficient (Wildman–Crippen LogP) is 2.26. The second-order valence-electron chi connectivity index (χ2n) is 4.55. The van der Waals surface area contributed by atoms with Crippen molar-refractivity contribution in [1.29, 1.82) is 0 Å². The summed E-state index contributed by atoms with van der Waals surface area (Å²) in [6.07, 6.45) is 2.82. The van der Waals surface area contributed by atoms with Gasteiger partial charge in [-0.05, 0) is 50.4 Å². The van der Waals surface area contributed by atoms with E-state index in [1.807, 2.05) is 31.2 Å². The summed E-state index contributed by atoms with van der Waals surface area (Å²) >= 11 is 0. The zero-order chi connectivity index (χ0) is 12.1. The van der Waals surface area contributed by atoms with Crippen LogP contribution in [-0.2, 0) is 0 Å². The summed E-state index contributed by atoms with van der Waals surface area (Å²) in [6, 6.07) is 8.21. The van der Waals surface area contributed by atoms with Crippen molar-refractivity contribution in [2.75, 3.05) is 13.2 Å². The monoisotopic (exact) mass is 235 g/mol. The lowest BCUT2D eigenvalue weighted by atomic mass is 10.0. The van der Waals surface area contributed by atoms with E-state index in [9.17, 15) is 5.11 Å². The minimum absolute atomic E-state index is 0.374. The maximum atomic E-state index is 10.1. The highest BCUT2D eigenvalue weighted by Crippen LogP contribution is 2.23. The summed E-state index contributed by atoms with van der Waals surface area (Å²) in [5.41, 5.74) is 0.974. The van der Waals surface area contributed by atoms with Crippen molar-refractivity contribution in [2.24, 2.45) is 0 Å². The summed E-state index contributed by atoms with van der Waals surface area (Å²) < 4.78 is 5.38. The van der Waals surface area contributed by atoms with Gasteiger partial charge in [0.1, 0.15) is 5.75 Å². The molecule has 1 saturated heterocycles. The molecule has 1 aliphatic heterocycles. The number of hydrogen-bond donors (Lipinski definition) is 2. The Kier molecular flexibility index (Phi) is 4.40. The third-order valence-electron chi connectivity index (χ3n) is 3.25. The standard InChI is InChI=1S/C14H21NO2/c1-2-17-13-7-5-11(6-8-13)14(16)10-12-4-3-9-15-12/h5-8,12,14-16H,2-4,9-10H2,1H3. The van der Waals surface area contributed by atoms with Crippen LogP contribution in [-0.4, -0.2) is 24.3 Å². The van der Waals surface area contributed by atoms with Crippen LogP contribution < -0.4 is 10.1 Å². The summed E-state index contributed by atoms with van der Waals surface area (Å²) in [4.78, 5) is 0. The fourth-order valence-electron chi connectivity index (χ4n) is 2.32. The minimum atomic E-state index is -0.374. The van der Waals surface area contributed by atoms with Crippen LogP contribution in [0.5, 0.6) is 5.75 Å². The Hall–Kier alpha value is -1.06. The number of ether oxygens (including phenoxy) is 1. The maximum Gasteiger partial charge on any atom is 0.119 e. The zero-order valence-corrected chi connectivity index (χ0v) is 10.4. The molecule has 2 N–H and O–H groups in total. The van der Waals surface area contributed by atoms with Gasteiger partial charge in [-0.15, -0.1) is 0 Å². The number of benzene rings is 1. The lowest BCUT2D eigenvalue weighted by Gasteiger charge is -2.16. The molecule has 1 fully saturated rings. The molecule has 0 bridgehead atoms. The SMILES string of the molecule is CCOc1ccc(C(O)CC2CCCN2)cc1. The van der Waals surface area contributed by atoms with Crippen molar-refractivity contribution in [1.82, 2.24) is 5.32 Å². The van der Waals surface area contributed by atoms with Gasteiger partial charge in [-0.1, -0.05) is 12.1 Å². The number of hydrogen-bond acceptors (Lipinski definition) is 3. The van der Waals surface area contributed by atoms with Crippen molar-refractivity contribution in [3.63, 3.8) is 0 Å². The molecule has 0 spiro atoms. The largest absolute Gasteiger partial charge is 0.494 e. The van der Waals surface area contributed by atoms with E-state index < -0.39 is 0 Å². The van der Waals surface area contributed by atoms with Crippen LogP contribution in [0.4, 0.5) is 0 Å². The Morgan fingerprint density at radius 2 is 2.18 bits per heavy atom. The number of rotatable bonds is 5. The van der Waals surface area contributed by atoms with Gasteiger partial charge in [-0.3, -0.25) is 0 Å². The third kappa shape index (κ3) is 3.45. The number of nitrogens with one attached hydrogen (secondary N) is 1. The first kappa shape index (κ1) is 12.4. The molecular formula is C14H21NO2. The maximum absolute atomic E-state index is 10.1. The average molecular weight is 235 g/mol. The van der Waals surface area contributed by atoms with Crippen molar-refractivity contribution >= 4 is 0 Å². The molecule has 1 heterocycles. The van der Waals surface area contributed by atoms with Crippen molar-refractivity contribution in [2.45, 2.75) is 38.3 Å². The van der Waals surface area contributed by atoms with E-state index >= 15 is 0 Å². The quantitative estimate of drug-likeness (QED) is 0.822. The summed E-state index contributed by atoms with van der Waals surface area (Å²) in [5.74, 6) is 0.863. The van der Waals surface area contributed by atoms with Crippen molar-refractivity contribution in [3.05, 3.63) is 29.8 Å². The molecule has 1 aromatic carbocycles. The average Bonchev–Trinajstić information content (AvgIpc) is 2.83. The third-order valence-corrected chi connectivity index (χ3v) is 3.25. The molecule has 94 valence electrons. The molecule has 0 aromatic heterocycles. The molecule has 0 aliphatic carbocycles. The van der Waals surface area contributed by atoms with Gasteiger partial charge < -0.3 is 15.2 Å². The van der Waals surface area contributed by atoms with Crippen LogP contribution in [0.2, 0.25) is 0 Å². The molecule has 2 unspecified atom stereocenters. The van der Waals surface area contributed by atoms with Gasteiger partial charge in [-0.25, -0.2) is 0 Å². The molecule has 1 aliphatic rings. The zero-order valence-electron chi connectivity index (χ0n) is 10.4. The van der Waals surface area contributed by atoms with E-state index in [0.29, 0.717) is 12.6 Å². The Bertz CT molecular complexity index is 331. The normalized spacial score (nSPS) is 21.4. The van der Waals surface area contributed by atoms with E-state index in [2.05, 4.69) is 5.32 Å². The van der Waals surface area contributed by atoms with E-state index in [1.54, 1.807) is 0 Å². The lowest BCUT2D eigenvalue weighted by Crippen LogP contribution is -2.23. The highest BCUT2D eigenvalue weighted by atomic mass is 16.5. The molecule has 0 amide bonds. The van der Waals surface area contributed by atoms with Crippen molar-refractivity contribution in [3.8, 4) is 5.75 Å². The van der Waals surface area contributed by atoms with E-state index in [1.165, 1.54) is 12.8 Å². The molecule has 0 radical (unpaired) electrons. The Morgan fingerprint density at radius 1 is 1.41 bits per heavy atom. The minimum Gasteiger partial charge on any atom is -0.494 e. The fraction of sp³-hybridized carbons (Fsp3) is 0.571. The molecule has 2 rings (SSSR count). The molecule has 3 nitrogen and oxygen atoms in total. The highest BCUT2D eigenvalue weighted by Gasteiger charge is 2.18. The second kappa shape index (κ2) is 6.03. The molecule has 0 saturated carbocycles. The lowest BCUT2D eigenvalue weighted by molar-refractivity contribution is 0.154. The van der Waals surface area contributed by atoms with Gasteiger partial charge >= 0.3 is 0 Å². The van der Waals surface area contributed by atoms with Crippen LogP contribution in [0, 0.1) is 0 Å². The van der Waals surface area contributed by atoms with Gasteiger partial charge in [0.25, 0.3) is 0 Å². The summed E-state index contributed by atoms with van der Waals surface area (Å²) in [6.45, 7) is 3.73. The van der Waals surface area contributed by atoms with E-state index in [4.69, 9.17) is 4.74 Å².